The van der Waals surface area contributed by atoms with Crippen LogP contribution in [0.3, 0.4) is 0 Å². The maximum atomic E-state index is 14.9. The number of aromatic nitrogens is 4. The van der Waals surface area contributed by atoms with Crippen LogP contribution in [0.5, 0.6) is 0 Å². The highest BCUT2D eigenvalue weighted by Crippen LogP contribution is 2.45. The Labute approximate surface area is 158 Å². The van der Waals surface area contributed by atoms with E-state index in [9.17, 15) is 13.9 Å². The van der Waals surface area contributed by atoms with Crippen molar-refractivity contribution in [2.75, 3.05) is 4.90 Å². The van der Waals surface area contributed by atoms with Crippen molar-refractivity contribution in [2.45, 2.75) is 31.0 Å². The molecule has 4 aromatic rings. The number of imidazole rings is 1. The summed E-state index contributed by atoms with van der Waals surface area (Å²) in [6, 6.07) is 9.19. The number of fused-ring (bicyclic) bond motifs is 2. The fourth-order valence-corrected chi connectivity index (χ4v) is 4.08. The van der Waals surface area contributed by atoms with Gasteiger partial charge in [0.1, 0.15) is 17.9 Å². The van der Waals surface area contributed by atoms with E-state index in [1.54, 1.807) is 6.07 Å². The van der Waals surface area contributed by atoms with Crippen LogP contribution in [0.25, 0.3) is 21.9 Å². The lowest BCUT2D eigenvalue weighted by atomic mass is 9.95. The van der Waals surface area contributed by atoms with E-state index in [-0.39, 0.29) is 18.7 Å². The molecule has 0 spiro atoms. The average molecular weight is 381 g/mol. The van der Waals surface area contributed by atoms with Crippen LogP contribution in [0.1, 0.15) is 24.5 Å². The standard InChI is InChI=1S/C20H17F2N5O/c21-20(22)9-8-15(27(20)19-16-18(24-10-23-16)25-11-26-19)17(28)14-7-3-5-12-4-1-2-6-13(12)14/h1-7,10-11,15,17,28H,8-9H2,(H,23,24,25,26)/t15-,17?/m1/s1. The van der Waals surface area contributed by atoms with E-state index in [0.29, 0.717) is 16.7 Å². The number of nitrogens with zero attached hydrogens (tertiary/aromatic N) is 4. The summed E-state index contributed by atoms with van der Waals surface area (Å²) in [5.74, 6) is 0.0503. The first-order chi connectivity index (χ1) is 13.6. The van der Waals surface area contributed by atoms with Crippen molar-refractivity contribution >= 4 is 27.8 Å². The number of H-pyrrole nitrogens is 1. The second kappa shape index (κ2) is 6.20. The lowest BCUT2D eigenvalue weighted by molar-refractivity contribution is 0.00459. The van der Waals surface area contributed by atoms with Crippen LogP contribution < -0.4 is 4.90 Å². The Morgan fingerprint density at radius 1 is 1.11 bits per heavy atom. The van der Waals surface area contributed by atoms with Crippen molar-refractivity contribution < 1.29 is 13.9 Å². The third-order valence-corrected chi connectivity index (χ3v) is 5.36. The highest BCUT2D eigenvalue weighted by molar-refractivity contribution is 5.86. The van der Waals surface area contributed by atoms with Crippen molar-refractivity contribution in [3.8, 4) is 0 Å². The van der Waals surface area contributed by atoms with E-state index in [1.807, 2.05) is 36.4 Å². The first kappa shape index (κ1) is 17.0. The minimum Gasteiger partial charge on any atom is -0.386 e. The van der Waals surface area contributed by atoms with Crippen LogP contribution in [0.4, 0.5) is 14.6 Å². The molecular formula is C20H17F2N5O. The number of aliphatic hydroxyl groups is 1. The predicted molar refractivity (Wildman–Crippen MR) is 101 cm³/mol. The van der Waals surface area contributed by atoms with Gasteiger partial charge in [-0.05, 0) is 22.8 Å². The Kier molecular flexibility index (Phi) is 3.77. The number of halogens is 2. The molecule has 1 fully saturated rings. The molecule has 1 unspecified atom stereocenters. The molecule has 2 N–H and O–H groups in total. The summed E-state index contributed by atoms with van der Waals surface area (Å²) in [5, 5.41) is 13.0. The average Bonchev–Trinajstić information content (AvgIpc) is 3.30. The molecule has 142 valence electrons. The summed E-state index contributed by atoms with van der Waals surface area (Å²) in [6.45, 7) is 0. The van der Waals surface area contributed by atoms with E-state index in [4.69, 9.17) is 0 Å². The smallest absolute Gasteiger partial charge is 0.327 e. The molecule has 8 heteroatoms. The maximum absolute atomic E-state index is 14.9. The van der Waals surface area contributed by atoms with Crippen LogP contribution >= 0.6 is 0 Å². The summed E-state index contributed by atoms with van der Waals surface area (Å²) < 4.78 is 29.8. The van der Waals surface area contributed by atoms with Crippen molar-refractivity contribution in [1.82, 2.24) is 19.9 Å². The van der Waals surface area contributed by atoms with Crippen molar-refractivity contribution in [2.24, 2.45) is 0 Å². The van der Waals surface area contributed by atoms with Gasteiger partial charge >= 0.3 is 6.05 Å². The number of nitrogens with one attached hydrogen (secondary N) is 1. The molecule has 1 aliphatic rings. The topological polar surface area (TPSA) is 77.9 Å². The second-order valence-electron chi connectivity index (χ2n) is 6.95. The normalized spacial score (nSPS) is 20.1. The lowest BCUT2D eigenvalue weighted by Crippen LogP contribution is -2.44. The summed E-state index contributed by atoms with van der Waals surface area (Å²) in [5.41, 5.74) is 1.27. The van der Waals surface area contributed by atoms with E-state index >= 15 is 0 Å². The molecule has 6 nitrogen and oxygen atoms in total. The van der Waals surface area contributed by atoms with Crippen molar-refractivity contribution in [3.63, 3.8) is 0 Å². The molecular weight excluding hydrogens is 364 g/mol. The molecule has 0 aliphatic carbocycles. The number of aromatic amines is 1. The molecule has 1 saturated heterocycles. The van der Waals surface area contributed by atoms with Crippen LogP contribution in [-0.2, 0) is 0 Å². The van der Waals surface area contributed by atoms with Gasteiger partial charge in [-0.25, -0.2) is 15.0 Å². The quantitative estimate of drug-likeness (QED) is 0.528. The van der Waals surface area contributed by atoms with Crippen LogP contribution in [-0.4, -0.2) is 37.1 Å². The summed E-state index contributed by atoms with van der Waals surface area (Å²) in [7, 11) is 0. The lowest BCUT2D eigenvalue weighted by Gasteiger charge is -2.33. The first-order valence-electron chi connectivity index (χ1n) is 9.03. The number of rotatable bonds is 3. The fraction of sp³-hybridized carbons (Fsp3) is 0.250. The molecule has 0 bridgehead atoms. The highest BCUT2D eigenvalue weighted by atomic mass is 19.3. The Bertz CT molecular complexity index is 1160. The maximum Gasteiger partial charge on any atom is 0.327 e. The molecule has 0 saturated carbocycles. The minimum atomic E-state index is -3.14. The first-order valence-corrected chi connectivity index (χ1v) is 9.03. The van der Waals surface area contributed by atoms with E-state index in [0.717, 1.165) is 15.7 Å². The van der Waals surface area contributed by atoms with E-state index < -0.39 is 18.2 Å². The zero-order valence-corrected chi connectivity index (χ0v) is 14.8. The van der Waals surface area contributed by atoms with Crippen molar-refractivity contribution in [1.29, 1.82) is 0 Å². The largest absolute Gasteiger partial charge is 0.386 e. The zero-order chi connectivity index (χ0) is 19.3. The highest BCUT2D eigenvalue weighted by Gasteiger charge is 2.51. The van der Waals surface area contributed by atoms with Crippen molar-refractivity contribution in [3.05, 3.63) is 60.7 Å². The molecule has 1 aliphatic heterocycles. The molecule has 2 aromatic heterocycles. The number of anilines is 1. The molecule has 0 amide bonds. The molecule has 3 heterocycles. The van der Waals surface area contributed by atoms with Gasteiger partial charge in [-0.3, -0.25) is 4.90 Å². The molecule has 0 radical (unpaired) electrons. The molecule has 2 atom stereocenters. The Morgan fingerprint density at radius 2 is 1.93 bits per heavy atom. The number of aliphatic hydroxyl groups excluding tert-OH is 1. The second-order valence-corrected chi connectivity index (χ2v) is 6.95. The summed E-state index contributed by atoms with van der Waals surface area (Å²) in [6.07, 6.45) is 1.28. The van der Waals surface area contributed by atoms with Gasteiger partial charge in [0.25, 0.3) is 0 Å². The summed E-state index contributed by atoms with van der Waals surface area (Å²) >= 11 is 0. The predicted octanol–water partition coefficient (Wildman–Crippen LogP) is 3.80. The third kappa shape index (κ3) is 2.52. The SMILES string of the molecule is OC(c1cccc2ccccc12)[C@H]1CCC(F)(F)N1c1ncnc2nc[nH]c12. The van der Waals surface area contributed by atoms with Crippen LogP contribution in [0.15, 0.2) is 55.1 Å². The number of hydrogen-bond acceptors (Lipinski definition) is 5. The van der Waals surface area contributed by atoms with Crippen LogP contribution in [0, 0.1) is 0 Å². The van der Waals surface area contributed by atoms with Gasteiger partial charge in [-0.15, -0.1) is 0 Å². The Hall–Kier alpha value is -3.13. The number of hydrogen-bond donors (Lipinski definition) is 2. The van der Waals surface area contributed by atoms with Gasteiger partial charge in [0.2, 0.25) is 0 Å². The minimum absolute atomic E-state index is 0.0503. The van der Waals surface area contributed by atoms with Crippen LogP contribution in [0.2, 0.25) is 0 Å². The molecule has 5 rings (SSSR count). The Balaban J connectivity index is 1.63. The van der Waals surface area contributed by atoms with Gasteiger partial charge in [-0.2, -0.15) is 8.78 Å². The third-order valence-electron chi connectivity index (χ3n) is 5.36. The van der Waals surface area contributed by atoms with E-state index in [1.165, 1.54) is 12.7 Å². The Morgan fingerprint density at radius 3 is 2.82 bits per heavy atom. The number of benzene rings is 2. The molecule has 2 aromatic carbocycles. The fourth-order valence-electron chi connectivity index (χ4n) is 4.08. The van der Waals surface area contributed by atoms with Gasteiger partial charge in [0, 0.05) is 6.42 Å². The van der Waals surface area contributed by atoms with Gasteiger partial charge < -0.3 is 10.1 Å². The van der Waals surface area contributed by atoms with E-state index in [2.05, 4.69) is 19.9 Å². The zero-order valence-electron chi connectivity index (χ0n) is 14.8. The van der Waals surface area contributed by atoms with Gasteiger partial charge in [-0.1, -0.05) is 42.5 Å². The summed E-state index contributed by atoms with van der Waals surface area (Å²) in [4.78, 5) is 15.9. The number of alkyl halides is 2. The van der Waals surface area contributed by atoms with Gasteiger partial charge in [0.15, 0.2) is 11.5 Å². The monoisotopic (exact) mass is 381 g/mol. The van der Waals surface area contributed by atoms with Gasteiger partial charge in [0.05, 0.1) is 12.4 Å². The molecule has 28 heavy (non-hydrogen) atoms.